The minimum Gasteiger partial charge on any atom is -0.347 e. The SMILES string of the molecule is CC(=O)CC(=O)c1cn(Cc2ccc(F)cc2)cc1NS(C)(=O)=O. The second-order valence-corrected chi connectivity index (χ2v) is 7.31. The van der Waals surface area contributed by atoms with Gasteiger partial charge in [-0.3, -0.25) is 14.3 Å². The molecule has 1 aromatic heterocycles. The smallest absolute Gasteiger partial charge is 0.229 e. The summed E-state index contributed by atoms with van der Waals surface area (Å²) < 4.78 is 39.8. The van der Waals surface area contributed by atoms with Gasteiger partial charge in [0.1, 0.15) is 11.6 Å². The number of aromatic nitrogens is 1. The molecule has 0 aliphatic rings. The summed E-state index contributed by atoms with van der Waals surface area (Å²) in [7, 11) is -3.58. The third kappa shape index (κ3) is 5.02. The Morgan fingerprint density at radius 1 is 1.17 bits per heavy atom. The second-order valence-electron chi connectivity index (χ2n) is 5.56. The molecule has 0 radical (unpaired) electrons. The molecular formula is C16H17FN2O4S. The van der Waals surface area contributed by atoms with Crippen LogP contribution in [0.4, 0.5) is 10.1 Å². The van der Waals surface area contributed by atoms with Crippen molar-refractivity contribution in [1.82, 2.24) is 4.57 Å². The lowest BCUT2D eigenvalue weighted by Crippen LogP contribution is -2.12. The summed E-state index contributed by atoms with van der Waals surface area (Å²) in [4.78, 5) is 23.3. The van der Waals surface area contributed by atoms with E-state index < -0.39 is 15.8 Å². The van der Waals surface area contributed by atoms with Gasteiger partial charge in [-0.25, -0.2) is 12.8 Å². The summed E-state index contributed by atoms with van der Waals surface area (Å²) >= 11 is 0. The molecule has 8 heteroatoms. The first-order chi connectivity index (χ1) is 11.1. The lowest BCUT2D eigenvalue weighted by molar-refractivity contribution is -0.116. The molecule has 0 aliphatic carbocycles. The average Bonchev–Trinajstić information content (AvgIpc) is 2.81. The number of anilines is 1. The van der Waals surface area contributed by atoms with Crippen molar-refractivity contribution in [2.45, 2.75) is 19.9 Å². The van der Waals surface area contributed by atoms with E-state index in [-0.39, 0.29) is 29.3 Å². The predicted octanol–water partition coefficient (Wildman–Crippen LogP) is 2.21. The molecule has 128 valence electrons. The molecule has 1 aromatic carbocycles. The maximum atomic E-state index is 12.9. The van der Waals surface area contributed by atoms with Crippen LogP contribution in [-0.4, -0.2) is 30.8 Å². The van der Waals surface area contributed by atoms with Crippen molar-refractivity contribution in [3.05, 3.63) is 53.6 Å². The van der Waals surface area contributed by atoms with Gasteiger partial charge in [-0.2, -0.15) is 0 Å². The number of carbonyl (C=O) groups excluding carboxylic acids is 2. The van der Waals surface area contributed by atoms with Crippen molar-refractivity contribution in [2.75, 3.05) is 11.0 Å². The molecule has 0 aliphatic heterocycles. The number of benzene rings is 1. The van der Waals surface area contributed by atoms with E-state index in [0.717, 1.165) is 11.8 Å². The van der Waals surface area contributed by atoms with E-state index in [9.17, 15) is 22.4 Å². The largest absolute Gasteiger partial charge is 0.347 e. The van der Waals surface area contributed by atoms with Crippen molar-refractivity contribution >= 4 is 27.3 Å². The number of nitrogens with zero attached hydrogens (tertiary/aromatic N) is 1. The van der Waals surface area contributed by atoms with Crippen molar-refractivity contribution in [3.63, 3.8) is 0 Å². The second kappa shape index (κ2) is 6.96. The van der Waals surface area contributed by atoms with Crippen LogP contribution >= 0.6 is 0 Å². The fraction of sp³-hybridized carbons (Fsp3) is 0.250. The van der Waals surface area contributed by atoms with Gasteiger partial charge >= 0.3 is 0 Å². The van der Waals surface area contributed by atoms with E-state index in [1.807, 2.05) is 0 Å². The normalized spacial score (nSPS) is 11.3. The Morgan fingerprint density at radius 3 is 2.33 bits per heavy atom. The Hall–Kier alpha value is -2.48. The van der Waals surface area contributed by atoms with Gasteiger partial charge in [-0.15, -0.1) is 0 Å². The molecule has 0 saturated carbocycles. The zero-order valence-electron chi connectivity index (χ0n) is 13.2. The molecule has 0 fully saturated rings. The monoisotopic (exact) mass is 352 g/mol. The summed E-state index contributed by atoms with van der Waals surface area (Å²) in [6.45, 7) is 1.61. The fourth-order valence-electron chi connectivity index (χ4n) is 2.22. The first-order valence-corrected chi connectivity index (χ1v) is 8.98. The fourth-order valence-corrected chi connectivity index (χ4v) is 2.79. The minimum absolute atomic E-state index is 0.117. The first kappa shape index (κ1) is 17.9. The number of hydrogen-bond acceptors (Lipinski definition) is 4. The standard InChI is InChI=1S/C16H17FN2O4S/c1-11(20)7-16(21)14-9-19(10-15(14)18-24(2,22)23)8-12-3-5-13(17)6-4-12/h3-6,9-10,18H,7-8H2,1-2H3. The van der Waals surface area contributed by atoms with Gasteiger partial charge in [-0.05, 0) is 24.6 Å². The summed E-state index contributed by atoms with van der Waals surface area (Å²) in [6, 6.07) is 5.82. The molecule has 0 atom stereocenters. The number of halogens is 1. The predicted molar refractivity (Wildman–Crippen MR) is 88.0 cm³/mol. The van der Waals surface area contributed by atoms with Gasteiger partial charge in [0, 0.05) is 18.9 Å². The molecule has 0 bridgehead atoms. The Labute approximate surface area is 139 Å². The van der Waals surface area contributed by atoms with Crippen LogP contribution < -0.4 is 4.72 Å². The van der Waals surface area contributed by atoms with Crippen LogP contribution in [0.1, 0.15) is 29.3 Å². The zero-order chi connectivity index (χ0) is 17.9. The number of rotatable bonds is 7. The molecule has 0 spiro atoms. The lowest BCUT2D eigenvalue weighted by Gasteiger charge is -2.03. The van der Waals surface area contributed by atoms with E-state index >= 15 is 0 Å². The molecular weight excluding hydrogens is 335 g/mol. The third-order valence-corrected chi connectivity index (χ3v) is 3.75. The van der Waals surface area contributed by atoms with Gasteiger partial charge < -0.3 is 4.57 Å². The van der Waals surface area contributed by atoms with Crippen LogP contribution in [0.15, 0.2) is 36.7 Å². The van der Waals surface area contributed by atoms with Crippen LogP contribution in [0.25, 0.3) is 0 Å². The Bertz CT molecular complexity index is 870. The van der Waals surface area contributed by atoms with E-state index in [0.29, 0.717) is 6.54 Å². The molecule has 0 amide bonds. The maximum Gasteiger partial charge on any atom is 0.229 e. The Morgan fingerprint density at radius 2 is 1.79 bits per heavy atom. The molecule has 1 N–H and O–H groups in total. The highest BCUT2D eigenvalue weighted by molar-refractivity contribution is 7.92. The highest BCUT2D eigenvalue weighted by atomic mass is 32.2. The topological polar surface area (TPSA) is 85.2 Å². The lowest BCUT2D eigenvalue weighted by atomic mass is 10.1. The number of hydrogen-bond donors (Lipinski definition) is 1. The third-order valence-electron chi connectivity index (χ3n) is 3.16. The highest BCUT2D eigenvalue weighted by Gasteiger charge is 2.18. The number of Topliss-reactive ketones (excluding diaryl/α,β-unsaturated/α-hetero) is 2. The first-order valence-electron chi connectivity index (χ1n) is 7.08. The van der Waals surface area contributed by atoms with E-state index in [1.165, 1.54) is 31.5 Å². The van der Waals surface area contributed by atoms with Gasteiger partial charge in [0.25, 0.3) is 0 Å². The maximum absolute atomic E-state index is 12.9. The summed E-state index contributed by atoms with van der Waals surface area (Å²) in [6.07, 6.45) is 3.61. The number of sulfonamides is 1. The molecule has 6 nitrogen and oxygen atoms in total. The summed E-state index contributed by atoms with van der Waals surface area (Å²) in [5, 5.41) is 0. The summed E-state index contributed by atoms with van der Waals surface area (Å²) in [5.41, 5.74) is 1.02. The van der Waals surface area contributed by atoms with Gasteiger partial charge in [-0.1, -0.05) is 12.1 Å². The zero-order valence-corrected chi connectivity index (χ0v) is 14.1. The molecule has 0 saturated heterocycles. The molecule has 0 unspecified atom stereocenters. The highest BCUT2D eigenvalue weighted by Crippen LogP contribution is 2.21. The van der Waals surface area contributed by atoms with Gasteiger partial charge in [0.05, 0.1) is 23.9 Å². The molecule has 2 aromatic rings. The average molecular weight is 352 g/mol. The number of ketones is 2. The Kier molecular flexibility index (Phi) is 5.18. The van der Waals surface area contributed by atoms with Gasteiger partial charge in [0.15, 0.2) is 5.78 Å². The Balaban J connectivity index is 2.34. The van der Waals surface area contributed by atoms with Crippen LogP contribution in [0.5, 0.6) is 0 Å². The van der Waals surface area contributed by atoms with Crippen LogP contribution in [0.2, 0.25) is 0 Å². The summed E-state index contributed by atoms with van der Waals surface area (Å²) in [5.74, 6) is -1.13. The van der Waals surface area contributed by atoms with Gasteiger partial charge in [0.2, 0.25) is 10.0 Å². The van der Waals surface area contributed by atoms with E-state index in [2.05, 4.69) is 4.72 Å². The quantitative estimate of drug-likeness (QED) is 0.611. The van der Waals surface area contributed by atoms with E-state index in [4.69, 9.17) is 0 Å². The van der Waals surface area contributed by atoms with Crippen LogP contribution in [0.3, 0.4) is 0 Å². The number of nitrogens with one attached hydrogen (secondary N) is 1. The number of carbonyl (C=O) groups is 2. The van der Waals surface area contributed by atoms with Crippen molar-refractivity contribution < 1.29 is 22.4 Å². The van der Waals surface area contributed by atoms with Crippen LogP contribution in [0, 0.1) is 5.82 Å². The van der Waals surface area contributed by atoms with Crippen LogP contribution in [-0.2, 0) is 21.4 Å². The van der Waals surface area contributed by atoms with Crippen molar-refractivity contribution in [1.29, 1.82) is 0 Å². The minimum atomic E-state index is -3.58. The van der Waals surface area contributed by atoms with Crippen molar-refractivity contribution in [2.24, 2.45) is 0 Å². The van der Waals surface area contributed by atoms with Crippen molar-refractivity contribution in [3.8, 4) is 0 Å². The molecule has 24 heavy (non-hydrogen) atoms. The molecule has 2 rings (SSSR count). The molecule has 1 heterocycles. The van der Waals surface area contributed by atoms with E-state index in [1.54, 1.807) is 16.7 Å².